The molecule has 3 rings (SSSR count). The maximum Gasteiger partial charge on any atom is 0.497 e. The van der Waals surface area contributed by atoms with E-state index >= 15 is 0 Å². The molecule has 25 heavy (non-hydrogen) atoms. The van der Waals surface area contributed by atoms with E-state index in [1.165, 1.54) is 28.4 Å². The molecule has 0 radical (unpaired) electrons. The highest BCUT2D eigenvalue weighted by molar-refractivity contribution is 6.16. The van der Waals surface area contributed by atoms with Gasteiger partial charge in [0.15, 0.2) is 17.3 Å². The highest BCUT2D eigenvalue weighted by atomic mass is 16.5. The highest BCUT2D eigenvalue weighted by Gasteiger charge is 2.22. The fourth-order valence-electron chi connectivity index (χ4n) is 2.59. The van der Waals surface area contributed by atoms with E-state index in [-0.39, 0.29) is 5.78 Å². The second kappa shape index (κ2) is 6.68. The maximum absolute atomic E-state index is 13.0. The van der Waals surface area contributed by atoms with Crippen LogP contribution in [0, 0.1) is 0 Å². The predicted molar refractivity (Wildman–Crippen MR) is 88.7 cm³/mol. The van der Waals surface area contributed by atoms with Crippen molar-refractivity contribution in [3.63, 3.8) is 0 Å². The zero-order valence-corrected chi connectivity index (χ0v) is 14.3. The van der Waals surface area contributed by atoms with Gasteiger partial charge in [0, 0.05) is 16.7 Å². The van der Waals surface area contributed by atoms with E-state index in [9.17, 15) is 4.79 Å². The number of nitrogens with zero attached hydrogens (tertiary/aromatic N) is 1. The minimum atomic E-state index is -0.203. The summed E-state index contributed by atoms with van der Waals surface area (Å²) in [6.07, 6.45) is 3.28. The van der Waals surface area contributed by atoms with Crippen LogP contribution in [-0.4, -0.2) is 44.2 Å². The Balaban J connectivity index is 2.09. The molecule has 8 heteroatoms. The third-order valence-electron chi connectivity index (χ3n) is 3.82. The molecule has 0 saturated heterocycles. The summed E-state index contributed by atoms with van der Waals surface area (Å²) >= 11 is 0. The van der Waals surface area contributed by atoms with Crippen LogP contribution < -0.4 is 23.9 Å². The molecule has 2 N–H and O–H groups in total. The summed E-state index contributed by atoms with van der Waals surface area (Å²) in [4.78, 5) is 23.1. The van der Waals surface area contributed by atoms with Crippen LogP contribution in [0.2, 0.25) is 0 Å². The largest absolute Gasteiger partial charge is 0.497 e. The number of nitrogens with one attached hydrogen (secondary N) is 2. The molecular formula is C17H18N3O5+. The average Bonchev–Trinajstić information content (AvgIpc) is 3.08. The molecule has 0 aliphatic heterocycles. The molecule has 8 nitrogen and oxygen atoms in total. The molecule has 2 heterocycles. The molecule has 0 atom stereocenters. The van der Waals surface area contributed by atoms with E-state index in [0.717, 1.165) is 0 Å². The monoisotopic (exact) mass is 344 g/mol. The lowest BCUT2D eigenvalue weighted by atomic mass is 10.0. The van der Waals surface area contributed by atoms with Crippen molar-refractivity contribution in [1.29, 1.82) is 0 Å². The van der Waals surface area contributed by atoms with Crippen molar-refractivity contribution in [3.05, 3.63) is 35.7 Å². The fraction of sp³-hybridized carbons (Fsp3) is 0.235. The van der Waals surface area contributed by atoms with Gasteiger partial charge in [-0.05, 0) is 12.1 Å². The summed E-state index contributed by atoms with van der Waals surface area (Å²) in [5.74, 6) is 1.05. The van der Waals surface area contributed by atoms with Crippen molar-refractivity contribution < 1.29 is 28.7 Å². The van der Waals surface area contributed by atoms with Gasteiger partial charge in [0.1, 0.15) is 6.20 Å². The van der Waals surface area contributed by atoms with Crippen LogP contribution in [-0.2, 0) is 0 Å². The first-order valence-electron chi connectivity index (χ1n) is 7.41. The first-order chi connectivity index (χ1) is 12.1. The Bertz CT molecular complexity index is 910. The minimum Gasteiger partial charge on any atom is -0.493 e. The van der Waals surface area contributed by atoms with Crippen LogP contribution in [0.3, 0.4) is 0 Å². The minimum absolute atomic E-state index is 0.203. The molecular weight excluding hydrogens is 326 g/mol. The van der Waals surface area contributed by atoms with Gasteiger partial charge < -0.3 is 23.9 Å². The Labute approximate surface area is 143 Å². The number of ketones is 1. The zero-order chi connectivity index (χ0) is 18.0. The van der Waals surface area contributed by atoms with Crippen LogP contribution in [0.4, 0.5) is 0 Å². The van der Waals surface area contributed by atoms with Crippen molar-refractivity contribution in [2.75, 3.05) is 28.4 Å². The lowest BCUT2D eigenvalue weighted by Crippen LogP contribution is -2.10. The molecule has 130 valence electrons. The number of methoxy groups -OCH3 is 4. The number of hydrogen-bond donors (Lipinski definition) is 1. The molecule has 0 fully saturated rings. The number of ether oxygens (including phenoxy) is 4. The number of carbonyl (C=O) groups excluding carboxylic acids is 1. The molecule has 0 saturated carbocycles. The smallest absolute Gasteiger partial charge is 0.493 e. The summed E-state index contributed by atoms with van der Waals surface area (Å²) in [5, 5.41) is 0.652. The van der Waals surface area contributed by atoms with Crippen molar-refractivity contribution in [1.82, 2.24) is 9.97 Å². The van der Waals surface area contributed by atoms with Crippen molar-refractivity contribution in [2.24, 2.45) is 0 Å². The number of rotatable bonds is 6. The predicted octanol–water partition coefficient (Wildman–Crippen LogP) is 1.64. The Morgan fingerprint density at radius 1 is 1.04 bits per heavy atom. The fourth-order valence-corrected chi connectivity index (χ4v) is 2.59. The Hall–Kier alpha value is -3.29. The number of hydrogen-bond acceptors (Lipinski definition) is 6. The van der Waals surface area contributed by atoms with Gasteiger partial charge in [-0.3, -0.25) is 4.79 Å². The standard InChI is InChI=1S/C17H17N3O5/c1-22-12-5-9(6-13(23-2)15(12)24-3)14(21)10-7-18-16-11(10)8-19-17(20-16)25-4/h5-8H,1-4H3,(H,18,19,20)/p+1. The molecule has 1 aromatic carbocycles. The number of carbonyl (C=O) groups is 1. The molecule has 0 unspecified atom stereocenters. The van der Waals surface area contributed by atoms with Gasteiger partial charge >= 0.3 is 6.01 Å². The quantitative estimate of drug-likeness (QED) is 0.683. The van der Waals surface area contributed by atoms with Crippen LogP contribution in [0.15, 0.2) is 24.5 Å². The first-order valence-corrected chi connectivity index (χ1v) is 7.41. The third-order valence-corrected chi connectivity index (χ3v) is 3.82. The third kappa shape index (κ3) is 2.82. The van der Waals surface area contributed by atoms with E-state index < -0.39 is 0 Å². The lowest BCUT2D eigenvalue weighted by Gasteiger charge is -2.13. The van der Waals surface area contributed by atoms with Crippen molar-refractivity contribution >= 4 is 16.8 Å². The van der Waals surface area contributed by atoms with Gasteiger partial charge in [-0.15, -0.1) is 0 Å². The molecule has 3 aromatic rings. The first kappa shape index (κ1) is 16.6. The number of benzene rings is 1. The molecule has 0 aliphatic carbocycles. The van der Waals surface area contributed by atoms with Crippen LogP contribution in [0.1, 0.15) is 15.9 Å². The van der Waals surface area contributed by atoms with Crippen molar-refractivity contribution in [3.8, 4) is 23.3 Å². The lowest BCUT2D eigenvalue weighted by molar-refractivity contribution is -0.396. The second-order valence-corrected chi connectivity index (χ2v) is 5.12. The number of aromatic nitrogens is 3. The van der Waals surface area contributed by atoms with Gasteiger partial charge in [-0.25, -0.2) is 4.98 Å². The second-order valence-electron chi connectivity index (χ2n) is 5.12. The summed E-state index contributed by atoms with van der Waals surface area (Å²) in [6.45, 7) is 0. The van der Waals surface area contributed by atoms with Gasteiger partial charge in [-0.2, -0.15) is 0 Å². The Kier molecular flexibility index (Phi) is 4.42. The van der Waals surface area contributed by atoms with E-state index in [2.05, 4.69) is 15.0 Å². The van der Waals surface area contributed by atoms with Crippen LogP contribution in [0.5, 0.6) is 23.3 Å². The summed E-state index contributed by atoms with van der Waals surface area (Å²) in [7, 11) is 6.02. The van der Waals surface area contributed by atoms with Gasteiger partial charge in [0.05, 0.1) is 39.4 Å². The van der Waals surface area contributed by atoms with E-state index in [1.807, 2.05) is 0 Å². The average molecular weight is 344 g/mol. The van der Waals surface area contributed by atoms with Crippen LogP contribution in [0.25, 0.3) is 11.0 Å². The Morgan fingerprint density at radius 3 is 2.28 bits per heavy atom. The van der Waals surface area contributed by atoms with Gasteiger partial charge in [0.25, 0.3) is 5.65 Å². The summed E-state index contributed by atoms with van der Waals surface area (Å²) in [5.41, 5.74) is 1.42. The number of H-pyrrole nitrogens is 2. The summed E-state index contributed by atoms with van der Waals surface area (Å²) in [6, 6.07) is 3.58. The van der Waals surface area contributed by atoms with Gasteiger partial charge in [-0.1, -0.05) is 0 Å². The topological polar surface area (TPSA) is 96.8 Å². The molecule has 2 aromatic heterocycles. The van der Waals surface area contributed by atoms with E-state index in [0.29, 0.717) is 45.4 Å². The molecule has 0 aliphatic rings. The number of aromatic amines is 2. The normalized spacial score (nSPS) is 10.6. The highest BCUT2D eigenvalue weighted by Crippen LogP contribution is 2.39. The molecule has 0 amide bonds. The summed E-state index contributed by atoms with van der Waals surface area (Å²) < 4.78 is 20.9. The number of fused-ring (bicyclic) bond motifs is 1. The zero-order valence-electron chi connectivity index (χ0n) is 14.3. The molecule has 0 spiro atoms. The maximum atomic E-state index is 13.0. The van der Waals surface area contributed by atoms with Crippen molar-refractivity contribution in [2.45, 2.75) is 0 Å². The Morgan fingerprint density at radius 2 is 1.72 bits per heavy atom. The molecule has 0 bridgehead atoms. The van der Waals surface area contributed by atoms with E-state index in [1.54, 1.807) is 24.5 Å². The van der Waals surface area contributed by atoms with E-state index in [4.69, 9.17) is 18.9 Å². The van der Waals surface area contributed by atoms with Crippen LogP contribution >= 0.6 is 0 Å². The SMILES string of the molecule is COc1nc2[nH]cc(C(=O)c3cc(OC)c(OC)c(OC)c3)c2c[nH+]1. The van der Waals surface area contributed by atoms with Gasteiger partial charge in [0.2, 0.25) is 5.75 Å².